The highest BCUT2D eigenvalue weighted by Crippen LogP contribution is 2.25. The molecule has 0 saturated heterocycles. The van der Waals surface area contributed by atoms with E-state index in [1.54, 1.807) is 0 Å². The second-order valence-electron chi connectivity index (χ2n) is 5.96. The number of nitrogen functional groups attached to an aromatic ring is 1. The summed E-state index contributed by atoms with van der Waals surface area (Å²) in [7, 11) is 0. The molecule has 0 unspecified atom stereocenters. The van der Waals surface area contributed by atoms with Crippen molar-refractivity contribution in [2.45, 2.75) is 26.8 Å². The van der Waals surface area contributed by atoms with E-state index in [1.807, 2.05) is 47.0 Å². The molecule has 0 radical (unpaired) electrons. The summed E-state index contributed by atoms with van der Waals surface area (Å²) in [5.41, 5.74) is 7.71. The molecular formula is C18H20N2O. The summed E-state index contributed by atoms with van der Waals surface area (Å²) in [6.45, 7) is 5.08. The Kier molecular flexibility index (Phi) is 3.42. The lowest BCUT2D eigenvalue weighted by Gasteiger charge is -2.14. The molecule has 3 nitrogen and oxygen atoms in total. The highest BCUT2D eigenvalue weighted by molar-refractivity contribution is 6.06. The van der Waals surface area contributed by atoms with Crippen LogP contribution in [0.25, 0.3) is 21.7 Å². The van der Waals surface area contributed by atoms with Crippen LogP contribution >= 0.6 is 0 Å². The van der Waals surface area contributed by atoms with Crippen LogP contribution in [0, 0.1) is 5.92 Å². The summed E-state index contributed by atoms with van der Waals surface area (Å²) in [5, 5.41) is 2.79. The number of rotatable bonds is 3. The van der Waals surface area contributed by atoms with Crippen molar-refractivity contribution >= 4 is 27.4 Å². The first-order valence-corrected chi connectivity index (χ1v) is 7.38. The molecule has 0 atom stereocenters. The van der Waals surface area contributed by atoms with Gasteiger partial charge in [0.15, 0.2) is 0 Å². The van der Waals surface area contributed by atoms with Crippen molar-refractivity contribution in [3.8, 4) is 0 Å². The summed E-state index contributed by atoms with van der Waals surface area (Å²) < 4.78 is 1.89. The number of fused-ring (bicyclic) bond motifs is 3. The Morgan fingerprint density at radius 1 is 1.05 bits per heavy atom. The maximum Gasteiger partial charge on any atom is 0.258 e. The molecule has 0 aliphatic rings. The van der Waals surface area contributed by atoms with Crippen LogP contribution in [-0.4, -0.2) is 4.57 Å². The zero-order valence-corrected chi connectivity index (χ0v) is 12.5. The molecule has 0 spiro atoms. The average molecular weight is 280 g/mol. The third-order valence-electron chi connectivity index (χ3n) is 3.93. The molecule has 2 N–H and O–H groups in total. The van der Waals surface area contributed by atoms with Gasteiger partial charge in [-0.05, 0) is 42.0 Å². The van der Waals surface area contributed by atoms with Gasteiger partial charge in [0, 0.05) is 23.0 Å². The first-order valence-electron chi connectivity index (χ1n) is 7.38. The summed E-state index contributed by atoms with van der Waals surface area (Å²) in [4.78, 5) is 12.8. The van der Waals surface area contributed by atoms with E-state index in [9.17, 15) is 4.79 Å². The van der Waals surface area contributed by atoms with Gasteiger partial charge in [-0.2, -0.15) is 0 Å². The number of pyridine rings is 1. The van der Waals surface area contributed by atoms with E-state index in [0.29, 0.717) is 5.92 Å². The minimum atomic E-state index is 0.0866. The van der Waals surface area contributed by atoms with Crippen molar-refractivity contribution in [3.63, 3.8) is 0 Å². The molecule has 21 heavy (non-hydrogen) atoms. The van der Waals surface area contributed by atoms with Crippen LogP contribution in [-0.2, 0) is 6.54 Å². The minimum absolute atomic E-state index is 0.0866. The van der Waals surface area contributed by atoms with Crippen molar-refractivity contribution in [1.82, 2.24) is 4.57 Å². The first kappa shape index (κ1) is 13.7. The number of nitrogens with zero attached hydrogens (tertiary/aromatic N) is 1. The molecule has 3 rings (SSSR count). The van der Waals surface area contributed by atoms with Gasteiger partial charge in [-0.1, -0.05) is 32.0 Å². The molecule has 1 heterocycles. The fraction of sp³-hybridized carbons (Fsp3) is 0.278. The number of aromatic nitrogens is 1. The lowest BCUT2D eigenvalue weighted by molar-refractivity contribution is 0.518. The van der Waals surface area contributed by atoms with Crippen molar-refractivity contribution in [2.75, 3.05) is 5.73 Å². The molecule has 0 aliphatic carbocycles. The van der Waals surface area contributed by atoms with Crippen LogP contribution in [0.5, 0.6) is 0 Å². The van der Waals surface area contributed by atoms with Crippen molar-refractivity contribution in [2.24, 2.45) is 5.92 Å². The summed E-state index contributed by atoms with van der Waals surface area (Å²) in [6.07, 6.45) is 0.984. The Hall–Kier alpha value is -2.29. The minimum Gasteiger partial charge on any atom is -0.399 e. The first-order chi connectivity index (χ1) is 10.1. The monoisotopic (exact) mass is 280 g/mol. The maximum atomic E-state index is 12.8. The molecular weight excluding hydrogens is 260 g/mol. The summed E-state index contributed by atoms with van der Waals surface area (Å²) in [5.74, 6) is 0.562. The van der Waals surface area contributed by atoms with Crippen molar-refractivity contribution < 1.29 is 0 Å². The number of hydrogen-bond acceptors (Lipinski definition) is 2. The highest BCUT2D eigenvalue weighted by atomic mass is 16.1. The molecule has 2 aromatic carbocycles. The second kappa shape index (κ2) is 5.24. The lowest BCUT2D eigenvalue weighted by atomic mass is 10.0. The third-order valence-corrected chi connectivity index (χ3v) is 3.93. The van der Waals surface area contributed by atoms with Gasteiger partial charge in [-0.25, -0.2) is 0 Å². The fourth-order valence-corrected chi connectivity index (χ4v) is 2.77. The molecule has 1 aromatic heterocycles. The van der Waals surface area contributed by atoms with Gasteiger partial charge in [-0.15, -0.1) is 0 Å². The largest absolute Gasteiger partial charge is 0.399 e. The normalized spacial score (nSPS) is 11.6. The van der Waals surface area contributed by atoms with Gasteiger partial charge in [0.05, 0.1) is 5.52 Å². The van der Waals surface area contributed by atoms with E-state index < -0.39 is 0 Å². The number of hydrogen-bond donors (Lipinski definition) is 1. The van der Waals surface area contributed by atoms with Gasteiger partial charge in [0.1, 0.15) is 0 Å². The van der Waals surface area contributed by atoms with E-state index >= 15 is 0 Å². The SMILES string of the molecule is CC(C)CCn1c(=O)c2ccccc2c2cc(N)ccc21. The van der Waals surface area contributed by atoms with E-state index in [2.05, 4.69) is 13.8 Å². The molecule has 3 aromatic rings. The van der Waals surface area contributed by atoms with Crippen molar-refractivity contribution in [1.29, 1.82) is 0 Å². The van der Waals surface area contributed by atoms with Crippen LogP contribution in [0.1, 0.15) is 20.3 Å². The Labute approximate surface area is 124 Å². The molecule has 0 aliphatic heterocycles. The van der Waals surface area contributed by atoms with Crippen LogP contribution in [0.2, 0.25) is 0 Å². The standard InChI is InChI=1S/C18H20N2O/c1-12(2)9-10-20-17-8-7-13(19)11-16(17)14-5-3-4-6-15(14)18(20)21/h3-8,11-12H,9-10,19H2,1-2H3. The lowest BCUT2D eigenvalue weighted by Crippen LogP contribution is -2.21. The summed E-state index contributed by atoms with van der Waals surface area (Å²) >= 11 is 0. The zero-order chi connectivity index (χ0) is 15.0. The van der Waals surface area contributed by atoms with Gasteiger partial charge in [0.25, 0.3) is 5.56 Å². The predicted molar refractivity (Wildman–Crippen MR) is 89.6 cm³/mol. The number of anilines is 1. The number of benzene rings is 2. The Balaban J connectivity index is 2.38. The maximum absolute atomic E-state index is 12.8. The van der Waals surface area contributed by atoms with Crippen LogP contribution in [0.4, 0.5) is 5.69 Å². The number of nitrogens with two attached hydrogens (primary N) is 1. The van der Waals surface area contributed by atoms with Gasteiger partial charge < -0.3 is 10.3 Å². The van der Waals surface area contributed by atoms with Gasteiger partial charge in [0.2, 0.25) is 0 Å². The topological polar surface area (TPSA) is 48.0 Å². The highest BCUT2D eigenvalue weighted by Gasteiger charge is 2.10. The van der Waals surface area contributed by atoms with Crippen LogP contribution in [0.15, 0.2) is 47.3 Å². The zero-order valence-electron chi connectivity index (χ0n) is 12.5. The predicted octanol–water partition coefficient (Wildman–Crippen LogP) is 3.78. The molecule has 0 amide bonds. The average Bonchev–Trinajstić information content (AvgIpc) is 2.47. The smallest absolute Gasteiger partial charge is 0.258 e. The Morgan fingerprint density at radius 2 is 1.76 bits per heavy atom. The van der Waals surface area contributed by atoms with E-state index in [4.69, 9.17) is 5.73 Å². The van der Waals surface area contributed by atoms with Crippen LogP contribution in [0.3, 0.4) is 0 Å². The third kappa shape index (κ3) is 2.40. The molecule has 0 bridgehead atoms. The summed E-state index contributed by atoms with van der Waals surface area (Å²) in [6, 6.07) is 13.5. The van der Waals surface area contributed by atoms with E-state index in [-0.39, 0.29) is 5.56 Å². The Bertz CT molecular complexity index is 862. The molecule has 0 saturated carbocycles. The molecule has 0 fully saturated rings. The van der Waals surface area contributed by atoms with E-state index in [0.717, 1.165) is 40.3 Å². The second-order valence-corrected chi connectivity index (χ2v) is 5.96. The van der Waals surface area contributed by atoms with Gasteiger partial charge in [-0.3, -0.25) is 4.79 Å². The van der Waals surface area contributed by atoms with Crippen LogP contribution < -0.4 is 11.3 Å². The molecule has 3 heteroatoms. The van der Waals surface area contributed by atoms with Gasteiger partial charge >= 0.3 is 0 Å². The quantitative estimate of drug-likeness (QED) is 0.586. The Morgan fingerprint density at radius 3 is 2.48 bits per heavy atom. The van der Waals surface area contributed by atoms with Crippen molar-refractivity contribution in [3.05, 3.63) is 52.8 Å². The fourth-order valence-electron chi connectivity index (χ4n) is 2.77. The van der Waals surface area contributed by atoms with E-state index in [1.165, 1.54) is 0 Å². The molecule has 108 valence electrons. The number of aryl methyl sites for hydroxylation is 1.